The average molecular weight is 278 g/mol. The Morgan fingerprint density at radius 2 is 1.70 bits per heavy atom. The van der Waals surface area contributed by atoms with Crippen LogP contribution in [0.3, 0.4) is 0 Å². The van der Waals surface area contributed by atoms with E-state index >= 15 is 0 Å². The molecule has 0 aliphatic rings. The summed E-state index contributed by atoms with van der Waals surface area (Å²) < 4.78 is 5.63. The zero-order valence-corrected chi connectivity index (χ0v) is 13.9. The maximum absolute atomic E-state index is 6.01. The predicted molar refractivity (Wildman–Crippen MR) is 86.2 cm³/mol. The van der Waals surface area contributed by atoms with Gasteiger partial charge in [-0.15, -0.1) is 0 Å². The summed E-state index contributed by atoms with van der Waals surface area (Å²) in [6.45, 7) is 12.9. The van der Waals surface area contributed by atoms with Gasteiger partial charge in [-0.25, -0.2) is 0 Å². The number of hydrogen-bond acceptors (Lipinski definition) is 3. The zero-order chi connectivity index (χ0) is 15.3. The van der Waals surface area contributed by atoms with Crippen LogP contribution < -0.4 is 5.73 Å². The van der Waals surface area contributed by atoms with Crippen LogP contribution in [0.25, 0.3) is 0 Å². The first-order valence-corrected chi connectivity index (χ1v) is 7.46. The van der Waals surface area contributed by atoms with Crippen LogP contribution in [0.1, 0.15) is 42.1 Å². The van der Waals surface area contributed by atoms with Crippen LogP contribution in [-0.2, 0) is 4.74 Å². The Bertz CT molecular complexity index is 429. The molecule has 0 aliphatic carbocycles. The molecule has 0 saturated heterocycles. The molecule has 2 N–H and O–H groups in total. The maximum atomic E-state index is 6.01. The monoisotopic (exact) mass is 278 g/mol. The quantitative estimate of drug-likeness (QED) is 0.833. The average Bonchev–Trinajstić information content (AvgIpc) is 2.36. The van der Waals surface area contributed by atoms with E-state index < -0.39 is 0 Å². The minimum atomic E-state index is 0.255. The van der Waals surface area contributed by atoms with Gasteiger partial charge in [0.15, 0.2) is 0 Å². The number of nitrogens with two attached hydrogens (primary N) is 1. The molecule has 1 rings (SSSR count). The second-order valence-electron chi connectivity index (χ2n) is 5.94. The van der Waals surface area contributed by atoms with Crippen molar-refractivity contribution in [3.05, 3.63) is 34.4 Å². The molecule has 0 bridgehead atoms. The van der Waals surface area contributed by atoms with Gasteiger partial charge >= 0.3 is 0 Å². The predicted octanol–water partition coefficient (Wildman–Crippen LogP) is 2.97. The van der Waals surface area contributed by atoms with Crippen LogP contribution in [0.15, 0.2) is 12.1 Å². The van der Waals surface area contributed by atoms with Crippen molar-refractivity contribution in [1.82, 2.24) is 4.90 Å². The van der Waals surface area contributed by atoms with Gasteiger partial charge in [-0.2, -0.15) is 0 Å². The van der Waals surface area contributed by atoms with Gasteiger partial charge in [-0.05, 0) is 63.9 Å². The Balaban J connectivity index is 2.82. The van der Waals surface area contributed by atoms with Crippen LogP contribution in [-0.4, -0.2) is 37.7 Å². The van der Waals surface area contributed by atoms with Gasteiger partial charge in [-0.1, -0.05) is 12.1 Å². The molecular weight excluding hydrogens is 248 g/mol. The fourth-order valence-corrected chi connectivity index (χ4v) is 2.47. The Hall–Kier alpha value is -0.900. The molecule has 114 valence electrons. The molecule has 1 unspecified atom stereocenters. The highest BCUT2D eigenvalue weighted by Gasteiger charge is 2.18. The maximum Gasteiger partial charge on any atom is 0.0597 e. The smallest absolute Gasteiger partial charge is 0.0597 e. The van der Waals surface area contributed by atoms with Crippen LogP contribution in [0.5, 0.6) is 0 Å². The largest absolute Gasteiger partial charge is 0.377 e. The number of nitrogens with zero attached hydrogens (tertiary/aromatic N) is 1. The molecule has 0 aliphatic heterocycles. The van der Waals surface area contributed by atoms with Crippen molar-refractivity contribution in [2.45, 2.75) is 46.8 Å². The molecule has 20 heavy (non-hydrogen) atoms. The first-order valence-electron chi connectivity index (χ1n) is 7.46. The number of aryl methyl sites for hydroxylation is 3. The fourth-order valence-electron chi connectivity index (χ4n) is 2.47. The lowest BCUT2D eigenvalue weighted by Crippen LogP contribution is -2.34. The Morgan fingerprint density at radius 1 is 1.10 bits per heavy atom. The molecule has 0 heterocycles. The molecule has 0 fully saturated rings. The van der Waals surface area contributed by atoms with Gasteiger partial charge in [0.1, 0.15) is 0 Å². The van der Waals surface area contributed by atoms with Gasteiger partial charge < -0.3 is 10.5 Å². The summed E-state index contributed by atoms with van der Waals surface area (Å²) in [5.41, 5.74) is 11.3. The van der Waals surface area contributed by atoms with E-state index in [0.717, 1.165) is 13.2 Å². The molecular formula is C17H30N2O. The summed E-state index contributed by atoms with van der Waals surface area (Å²) in [5.74, 6) is 0. The minimum absolute atomic E-state index is 0.255. The van der Waals surface area contributed by atoms with Crippen molar-refractivity contribution in [2.75, 3.05) is 26.7 Å². The lowest BCUT2D eigenvalue weighted by atomic mass is 9.95. The van der Waals surface area contributed by atoms with Crippen molar-refractivity contribution in [3.63, 3.8) is 0 Å². The molecule has 3 nitrogen and oxygen atoms in total. The van der Waals surface area contributed by atoms with E-state index in [1.165, 1.54) is 22.3 Å². The topological polar surface area (TPSA) is 38.5 Å². The van der Waals surface area contributed by atoms with Gasteiger partial charge in [0.25, 0.3) is 0 Å². The lowest BCUT2D eigenvalue weighted by molar-refractivity contribution is 0.0563. The molecule has 0 saturated carbocycles. The first kappa shape index (κ1) is 17.2. The molecule has 1 aromatic rings. The van der Waals surface area contributed by atoms with E-state index in [1.54, 1.807) is 0 Å². The molecule has 0 radical (unpaired) electrons. The van der Waals surface area contributed by atoms with Gasteiger partial charge in [-0.3, -0.25) is 4.90 Å². The third-order valence-electron chi connectivity index (χ3n) is 3.89. The Labute approximate surface area is 124 Å². The van der Waals surface area contributed by atoms with Crippen molar-refractivity contribution in [3.8, 4) is 0 Å². The van der Waals surface area contributed by atoms with Crippen molar-refractivity contribution >= 4 is 0 Å². The summed E-state index contributed by atoms with van der Waals surface area (Å²) in [5, 5.41) is 0. The Kier molecular flexibility index (Phi) is 6.66. The lowest BCUT2D eigenvalue weighted by Gasteiger charge is -2.29. The van der Waals surface area contributed by atoms with E-state index in [0.29, 0.717) is 6.54 Å². The number of rotatable bonds is 7. The van der Waals surface area contributed by atoms with Crippen LogP contribution in [0.2, 0.25) is 0 Å². The highest BCUT2D eigenvalue weighted by atomic mass is 16.5. The fraction of sp³-hybridized carbons (Fsp3) is 0.647. The second-order valence-corrected chi connectivity index (χ2v) is 5.94. The summed E-state index contributed by atoms with van der Waals surface area (Å²) in [7, 11) is 2.12. The van der Waals surface area contributed by atoms with Gasteiger partial charge in [0.2, 0.25) is 0 Å². The van der Waals surface area contributed by atoms with E-state index in [2.05, 4.69) is 58.7 Å². The number of hydrogen-bond donors (Lipinski definition) is 1. The first-order chi connectivity index (χ1) is 9.36. The van der Waals surface area contributed by atoms with Crippen LogP contribution in [0, 0.1) is 20.8 Å². The van der Waals surface area contributed by atoms with E-state index in [1.807, 2.05) is 0 Å². The van der Waals surface area contributed by atoms with E-state index in [-0.39, 0.29) is 12.1 Å². The second kappa shape index (κ2) is 7.77. The molecule has 3 heteroatoms. The third-order valence-corrected chi connectivity index (χ3v) is 3.89. The molecule has 1 atom stereocenters. The van der Waals surface area contributed by atoms with Crippen molar-refractivity contribution in [2.24, 2.45) is 5.73 Å². The molecule has 0 amide bonds. The highest BCUT2D eigenvalue weighted by molar-refractivity contribution is 5.38. The van der Waals surface area contributed by atoms with Crippen LogP contribution >= 0.6 is 0 Å². The van der Waals surface area contributed by atoms with Gasteiger partial charge in [0.05, 0.1) is 12.7 Å². The SMILES string of the molecule is Cc1cc(C)c(C(CN)N(C)CCOC(C)C)cc1C. The van der Waals surface area contributed by atoms with Crippen LogP contribution in [0.4, 0.5) is 0 Å². The summed E-state index contributed by atoms with van der Waals surface area (Å²) in [6, 6.07) is 4.79. The number of benzene rings is 1. The van der Waals surface area contributed by atoms with Gasteiger partial charge in [0, 0.05) is 19.1 Å². The molecule has 0 spiro atoms. The Morgan fingerprint density at radius 3 is 2.25 bits per heavy atom. The third kappa shape index (κ3) is 4.58. The zero-order valence-electron chi connectivity index (χ0n) is 13.9. The standard InChI is InChI=1S/C17H30N2O/c1-12(2)20-8-7-19(6)17(11-18)16-10-14(4)13(3)9-15(16)5/h9-10,12,17H,7-8,11,18H2,1-6H3. The van der Waals surface area contributed by atoms with E-state index in [4.69, 9.17) is 10.5 Å². The number of likely N-dealkylation sites (N-methyl/N-ethyl adjacent to an activating group) is 1. The molecule has 0 aromatic heterocycles. The summed E-state index contributed by atoms with van der Waals surface area (Å²) in [6.07, 6.45) is 0.281. The van der Waals surface area contributed by atoms with Crippen molar-refractivity contribution in [1.29, 1.82) is 0 Å². The normalized spacial score (nSPS) is 13.2. The minimum Gasteiger partial charge on any atom is -0.377 e. The molecule has 1 aromatic carbocycles. The van der Waals surface area contributed by atoms with E-state index in [9.17, 15) is 0 Å². The van der Waals surface area contributed by atoms with Crippen molar-refractivity contribution < 1.29 is 4.74 Å². The summed E-state index contributed by atoms with van der Waals surface area (Å²) >= 11 is 0. The number of ether oxygens (including phenoxy) is 1. The highest BCUT2D eigenvalue weighted by Crippen LogP contribution is 2.25. The summed E-state index contributed by atoms with van der Waals surface area (Å²) in [4.78, 5) is 2.29.